The molecule has 0 heterocycles. The standard InChI is InChI=1S/C10H11F3O/c1-10(2,5-14)6-3-4-7(11)9(13)8(6)12/h3-4,14H,5H2,1-2H3. The Balaban J connectivity index is 3.31. The van der Waals surface area contributed by atoms with Crippen LogP contribution < -0.4 is 0 Å². The third kappa shape index (κ3) is 1.75. The molecule has 0 aliphatic rings. The summed E-state index contributed by atoms with van der Waals surface area (Å²) in [6.07, 6.45) is 0. The van der Waals surface area contributed by atoms with Gasteiger partial charge in [-0.3, -0.25) is 0 Å². The van der Waals surface area contributed by atoms with E-state index in [2.05, 4.69) is 0 Å². The number of rotatable bonds is 2. The summed E-state index contributed by atoms with van der Waals surface area (Å²) in [5.41, 5.74) is -0.947. The second-order valence-corrected chi connectivity index (χ2v) is 3.76. The van der Waals surface area contributed by atoms with Gasteiger partial charge in [0.05, 0.1) is 6.61 Å². The molecule has 4 heteroatoms. The molecule has 0 amide bonds. The van der Waals surface area contributed by atoms with E-state index in [0.29, 0.717) is 0 Å². The molecule has 0 fully saturated rings. The highest BCUT2D eigenvalue weighted by Crippen LogP contribution is 2.27. The van der Waals surface area contributed by atoms with Crippen molar-refractivity contribution < 1.29 is 18.3 Å². The van der Waals surface area contributed by atoms with Gasteiger partial charge in [-0.1, -0.05) is 19.9 Å². The molecular formula is C10H11F3O. The van der Waals surface area contributed by atoms with Crippen molar-refractivity contribution in [2.24, 2.45) is 0 Å². The van der Waals surface area contributed by atoms with E-state index < -0.39 is 22.9 Å². The van der Waals surface area contributed by atoms with Crippen LogP contribution in [-0.2, 0) is 5.41 Å². The lowest BCUT2D eigenvalue weighted by molar-refractivity contribution is 0.213. The molecule has 14 heavy (non-hydrogen) atoms. The van der Waals surface area contributed by atoms with Gasteiger partial charge in [0.2, 0.25) is 0 Å². The van der Waals surface area contributed by atoms with Crippen molar-refractivity contribution in [3.05, 3.63) is 35.1 Å². The Hall–Kier alpha value is -1.03. The van der Waals surface area contributed by atoms with Crippen molar-refractivity contribution >= 4 is 0 Å². The molecule has 0 saturated heterocycles. The molecule has 0 spiro atoms. The van der Waals surface area contributed by atoms with Crippen molar-refractivity contribution in [3.63, 3.8) is 0 Å². The normalized spacial score (nSPS) is 11.9. The van der Waals surface area contributed by atoms with Crippen LogP contribution in [-0.4, -0.2) is 11.7 Å². The van der Waals surface area contributed by atoms with Gasteiger partial charge in [0.1, 0.15) is 0 Å². The van der Waals surface area contributed by atoms with E-state index in [-0.39, 0.29) is 12.2 Å². The summed E-state index contributed by atoms with van der Waals surface area (Å²) in [6, 6.07) is 2.00. The number of benzene rings is 1. The molecular weight excluding hydrogens is 193 g/mol. The fourth-order valence-corrected chi connectivity index (χ4v) is 1.13. The Morgan fingerprint density at radius 1 is 1.14 bits per heavy atom. The molecule has 0 atom stereocenters. The highest BCUT2D eigenvalue weighted by atomic mass is 19.2. The van der Waals surface area contributed by atoms with E-state index in [0.717, 1.165) is 12.1 Å². The minimum Gasteiger partial charge on any atom is -0.395 e. The molecule has 0 bridgehead atoms. The molecule has 0 aliphatic carbocycles. The van der Waals surface area contributed by atoms with Gasteiger partial charge in [-0.05, 0) is 11.6 Å². The number of hydrogen-bond acceptors (Lipinski definition) is 1. The molecule has 0 unspecified atom stereocenters. The van der Waals surface area contributed by atoms with Crippen LogP contribution >= 0.6 is 0 Å². The zero-order chi connectivity index (χ0) is 10.9. The van der Waals surface area contributed by atoms with Gasteiger partial charge < -0.3 is 5.11 Å². The van der Waals surface area contributed by atoms with Gasteiger partial charge in [-0.25, -0.2) is 13.2 Å². The molecule has 0 aliphatic heterocycles. The van der Waals surface area contributed by atoms with E-state index >= 15 is 0 Å². The van der Waals surface area contributed by atoms with E-state index in [4.69, 9.17) is 5.11 Å². The maximum absolute atomic E-state index is 13.2. The number of halogens is 3. The summed E-state index contributed by atoms with van der Waals surface area (Å²) in [7, 11) is 0. The second-order valence-electron chi connectivity index (χ2n) is 3.76. The summed E-state index contributed by atoms with van der Waals surface area (Å²) < 4.78 is 38.6. The van der Waals surface area contributed by atoms with Gasteiger partial charge in [0.25, 0.3) is 0 Å². The van der Waals surface area contributed by atoms with Crippen LogP contribution in [0.4, 0.5) is 13.2 Å². The molecule has 1 N–H and O–H groups in total. The van der Waals surface area contributed by atoms with E-state index in [9.17, 15) is 13.2 Å². The number of hydrogen-bond donors (Lipinski definition) is 1. The summed E-state index contributed by atoms with van der Waals surface area (Å²) in [6.45, 7) is 2.75. The van der Waals surface area contributed by atoms with E-state index in [1.807, 2.05) is 0 Å². The third-order valence-corrected chi connectivity index (χ3v) is 2.16. The zero-order valence-electron chi connectivity index (χ0n) is 7.94. The quantitative estimate of drug-likeness (QED) is 0.733. The predicted molar refractivity (Wildman–Crippen MR) is 46.4 cm³/mol. The SMILES string of the molecule is CC(C)(CO)c1ccc(F)c(F)c1F. The summed E-state index contributed by atoms with van der Waals surface area (Å²) >= 11 is 0. The van der Waals surface area contributed by atoms with Crippen LogP contribution in [0, 0.1) is 17.5 Å². The zero-order valence-corrected chi connectivity index (χ0v) is 7.94. The Kier molecular flexibility index (Phi) is 2.85. The minimum atomic E-state index is -1.50. The average molecular weight is 204 g/mol. The Morgan fingerprint density at radius 2 is 1.71 bits per heavy atom. The van der Waals surface area contributed by atoms with Gasteiger partial charge in [0.15, 0.2) is 17.5 Å². The van der Waals surface area contributed by atoms with Gasteiger partial charge in [-0.15, -0.1) is 0 Å². The molecule has 78 valence electrons. The first-order valence-corrected chi connectivity index (χ1v) is 4.15. The smallest absolute Gasteiger partial charge is 0.194 e. The topological polar surface area (TPSA) is 20.2 Å². The second kappa shape index (κ2) is 3.61. The van der Waals surface area contributed by atoms with Crippen LogP contribution in [0.15, 0.2) is 12.1 Å². The molecule has 1 aromatic rings. The highest BCUT2D eigenvalue weighted by molar-refractivity contribution is 5.27. The molecule has 1 rings (SSSR count). The van der Waals surface area contributed by atoms with Crippen molar-refractivity contribution in [2.75, 3.05) is 6.61 Å². The van der Waals surface area contributed by atoms with Gasteiger partial charge in [0, 0.05) is 5.41 Å². The first-order valence-electron chi connectivity index (χ1n) is 4.15. The fraction of sp³-hybridized carbons (Fsp3) is 0.400. The summed E-state index contributed by atoms with van der Waals surface area (Å²) in [5, 5.41) is 8.95. The van der Waals surface area contributed by atoms with Gasteiger partial charge in [-0.2, -0.15) is 0 Å². The van der Waals surface area contributed by atoms with Crippen molar-refractivity contribution in [3.8, 4) is 0 Å². The maximum Gasteiger partial charge on any atom is 0.194 e. The predicted octanol–water partition coefficient (Wildman–Crippen LogP) is 2.37. The maximum atomic E-state index is 13.2. The summed E-state index contributed by atoms with van der Waals surface area (Å²) in [5.74, 6) is -3.95. The first-order chi connectivity index (χ1) is 6.40. The average Bonchev–Trinajstić information content (AvgIpc) is 2.14. The van der Waals surface area contributed by atoms with Crippen LogP contribution in [0.3, 0.4) is 0 Å². The van der Waals surface area contributed by atoms with Crippen molar-refractivity contribution in [1.82, 2.24) is 0 Å². The lowest BCUT2D eigenvalue weighted by atomic mass is 9.85. The van der Waals surface area contributed by atoms with E-state index in [1.165, 1.54) is 0 Å². The molecule has 0 radical (unpaired) electrons. The van der Waals surface area contributed by atoms with Crippen molar-refractivity contribution in [2.45, 2.75) is 19.3 Å². The van der Waals surface area contributed by atoms with Crippen LogP contribution in [0.25, 0.3) is 0 Å². The van der Waals surface area contributed by atoms with Gasteiger partial charge >= 0.3 is 0 Å². The molecule has 0 saturated carbocycles. The fourth-order valence-electron chi connectivity index (χ4n) is 1.13. The molecule has 1 nitrogen and oxygen atoms in total. The van der Waals surface area contributed by atoms with Crippen LogP contribution in [0.2, 0.25) is 0 Å². The van der Waals surface area contributed by atoms with E-state index in [1.54, 1.807) is 13.8 Å². The van der Waals surface area contributed by atoms with Crippen molar-refractivity contribution in [1.29, 1.82) is 0 Å². The largest absolute Gasteiger partial charge is 0.395 e. The number of aliphatic hydroxyl groups excluding tert-OH is 1. The minimum absolute atomic E-state index is 0.0288. The Bertz CT molecular complexity index is 347. The van der Waals surface area contributed by atoms with Crippen LogP contribution in [0.1, 0.15) is 19.4 Å². The lowest BCUT2D eigenvalue weighted by Crippen LogP contribution is -2.24. The lowest BCUT2D eigenvalue weighted by Gasteiger charge is -2.22. The highest BCUT2D eigenvalue weighted by Gasteiger charge is 2.26. The number of aliphatic hydroxyl groups is 1. The Morgan fingerprint density at radius 3 is 2.21 bits per heavy atom. The third-order valence-electron chi connectivity index (χ3n) is 2.16. The molecule has 1 aromatic carbocycles. The monoisotopic (exact) mass is 204 g/mol. The van der Waals surface area contributed by atoms with Crippen LogP contribution in [0.5, 0.6) is 0 Å². The molecule has 0 aromatic heterocycles. The summed E-state index contributed by atoms with van der Waals surface area (Å²) in [4.78, 5) is 0. The first kappa shape index (κ1) is 11.0. The Labute approximate surface area is 80.2 Å².